The number of ketones is 1. The minimum absolute atomic E-state index is 0.144. The Morgan fingerprint density at radius 3 is 2.24 bits per heavy atom. The average Bonchev–Trinajstić information content (AvgIpc) is 3.31. The number of ether oxygens (including phenoxy) is 1. The molecule has 10 nitrogen and oxygen atoms in total. The molecule has 45 heavy (non-hydrogen) atoms. The molecule has 0 radical (unpaired) electrons. The summed E-state index contributed by atoms with van der Waals surface area (Å²) in [7, 11) is 0. The van der Waals surface area contributed by atoms with Crippen LogP contribution >= 0.6 is 27.5 Å². The fraction of sp³-hybridized carbons (Fsp3) is 0.242. The number of amides is 2. The molecular formula is C33H25BrClN3O7. The van der Waals surface area contributed by atoms with E-state index >= 15 is 0 Å². The fourth-order valence-corrected chi connectivity index (χ4v) is 6.71. The fourth-order valence-electron chi connectivity index (χ4n) is 6.04. The summed E-state index contributed by atoms with van der Waals surface area (Å²) in [4.78, 5) is 68.7. The Morgan fingerprint density at radius 1 is 1.02 bits per heavy atom. The maximum atomic E-state index is 13.4. The summed E-state index contributed by atoms with van der Waals surface area (Å²) in [5, 5.41) is 11.8. The molecule has 2 fully saturated rings. The number of aryl methyl sites for hydroxylation is 1. The van der Waals surface area contributed by atoms with Gasteiger partial charge in [0.25, 0.3) is 5.69 Å². The van der Waals surface area contributed by atoms with Crippen LogP contribution in [-0.4, -0.2) is 40.1 Å². The summed E-state index contributed by atoms with van der Waals surface area (Å²) in [6.45, 7) is 1.19. The SMILES string of the molecule is Cc1c(Cl)c(Br)cc2c(C(=O)OCC(=O)c3ccc([N+](=O)[O-])cc3)cc(-c3ccc(N4C(=O)C5CCCCC5C4=O)cc3)nc12. The molecule has 2 atom stereocenters. The van der Waals surface area contributed by atoms with E-state index in [1.54, 1.807) is 43.3 Å². The van der Waals surface area contributed by atoms with Crippen molar-refractivity contribution < 1.29 is 28.8 Å². The zero-order valence-electron chi connectivity index (χ0n) is 23.9. The number of esters is 1. The van der Waals surface area contributed by atoms with E-state index in [4.69, 9.17) is 21.3 Å². The van der Waals surface area contributed by atoms with Crippen LogP contribution in [0.25, 0.3) is 22.2 Å². The number of Topliss-reactive ketones (excluding diaryl/α,β-unsaturated/α-hetero) is 1. The summed E-state index contributed by atoms with van der Waals surface area (Å²) >= 11 is 9.92. The van der Waals surface area contributed by atoms with Gasteiger partial charge in [-0.1, -0.05) is 36.6 Å². The van der Waals surface area contributed by atoms with Crippen LogP contribution in [0.2, 0.25) is 5.02 Å². The van der Waals surface area contributed by atoms with Crippen LogP contribution in [0.1, 0.15) is 52.0 Å². The number of pyridine rings is 1. The highest BCUT2D eigenvalue weighted by Crippen LogP contribution is 2.41. The van der Waals surface area contributed by atoms with Crippen molar-refractivity contribution in [2.24, 2.45) is 11.8 Å². The molecule has 1 saturated carbocycles. The zero-order valence-corrected chi connectivity index (χ0v) is 26.3. The van der Waals surface area contributed by atoms with E-state index in [1.165, 1.54) is 29.2 Å². The van der Waals surface area contributed by atoms with Crippen LogP contribution in [0.4, 0.5) is 11.4 Å². The van der Waals surface area contributed by atoms with Crippen LogP contribution < -0.4 is 4.90 Å². The minimum Gasteiger partial charge on any atom is -0.454 e. The maximum Gasteiger partial charge on any atom is 0.339 e. The van der Waals surface area contributed by atoms with E-state index in [1.807, 2.05) is 0 Å². The van der Waals surface area contributed by atoms with Crippen LogP contribution in [-0.2, 0) is 14.3 Å². The van der Waals surface area contributed by atoms with E-state index in [2.05, 4.69) is 15.9 Å². The normalized spacial score (nSPS) is 17.8. The van der Waals surface area contributed by atoms with Gasteiger partial charge in [-0.3, -0.25) is 29.4 Å². The van der Waals surface area contributed by atoms with Crippen molar-refractivity contribution in [2.75, 3.05) is 11.5 Å². The number of hydrogen-bond acceptors (Lipinski definition) is 8. The van der Waals surface area contributed by atoms with Gasteiger partial charge in [0.15, 0.2) is 12.4 Å². The molecule has 0 bridgehead atoms. The Balaban J connectivity index is 1.31. The third kappa shape index (κ3) is 5.62. The Labute approximate surface area is 270 Å². The molecule has 12 heteroatoms. The van der Waals surface area contributed by atoms with Crippen LogP contribution in [0.5, 0.6) is 0 Å². The van der Waals surface area contributed by atoms with E-state index in [-0.39, 0.29) is 40.5 Å². The van der Waals surface area contributed by atoms with Gasteiger partial charge in [-0.25, -0.2) is 9.78 Å². The first kappa shape index (κ1) is 30.5. The molecule has 228 valence electrons. The van der Waals surface area contributed by atoms with Crippen molar-refractivity contribution in [2.45, 2.75) is 32.6 Å². The number of fused-ring (bicyclic) bond motifs is 2. The number of carbonyl (C=O) groups is 4. The van der Waals surface area contributed by atoms with Gasteiger partial charge < -0.3 is 4.74 Å². The van der Waals surface area contributed by atoms with E-state index in [0.29, 0.717) is 42.9 Å². The Kier molecular flexibility index (Phi) is 8.23. The first-order valence-electron chi connectivity index (χ1n) is 14.3. The number of nitrogens with zero attached hydrogens (tertiary/aromatic N) is 3. The number of non-ortho nitro benzene ring substituents is 1. The van der Waals surface area contributed by atoms with Gasteiger partial charge in [0.2, 0.25) is 11.8 Å². The Hall–Kier alpha value is -4.48. The van der Waals surface area contributed by atoms with E-state index < -0.39 is 23.3 Å². The lowest BCUT2D eigenvalue weighted by molar-refractivity contribution is -0.384. The minimum atomic E-state index is -0.778. The molecule has 0 N–H and O–H groups in total. The molecular weight excluding hydrogens is 666 g/mol. The molecule has 2 heterocycles. The average molecular weight is 691 g/mol. The number of nitro groups is 1. The van der Waals surface area contributed by atoms with Gasteiger partial charge in [-0.05, 0) is 77.7 Å². The van der Waals surface area contributed by atoms with Crippen LogP contribution in [0.3, 0.4) is 0 Å². The summed E-state index contributed by atoms with van der Waals surface area (Å²) in [6.07, 6.45) is 3.33. The van der Waals surface area contributed by atoms with Crippen molar-refractivity contribution in [1.29, 1.82) is 0 Å². The van der Waals surface area contributed by atoms with Crippen molar-refractivity contribution in [1.82, 2.24) is 4.98 Å². The topological polar surface area (TPSA) is 137 Å². The lowest BCUT2D eigenvalue weighted by atomic mass is 9.81. The standard InChI is InChI=1S/C33H25BrClN3O7/c1-17-29(35)26(34)14-24-25(33(42)45-16-28(39)19-8-12-21(13-9-19)38(43)44)15-27(36-30(17)24)18-6-10-20(11-7-18)37-31(40)22-4-2-3-5-23(22)32(37)41/h6-15,22-23H,2-5,16H2,1H3. The number of rotatable bonds is 7. The van der Waals surface area contributed by atoms with E-state index in [0.717, 1.165) is 25.7 Å². The van der Waals surface area contributed by atoms with Crippen LogP contribution in [0, 0.1) is 28.9 Å². The van der Waals surface area contributed by atoms with Crippen LogP contribution in [0.15, 0.2) is 65.1 Å². The highest BCUT2D eigenvalue weighted by Gasteiger charge is 2.48. The number of carbonyl (C=O) groups excluding carboxylic acids is 4. The number of benzene rings is 3. The van der Waals surface area contributed by atoms with Crippen molar-refractivity contribution in [3.05, 3.63) is 97.0 Å². The molecule has 1 aromatic heterocycles. The molecule has 2 aliphatic rings. The second kappa shape index (κ2) is 12.1. The number of aromatic nitrogens is 1. The largest absolute Gasteiger partial charge is 0.454 e. The molecule has 0 spiro atoms. The lowest BCUT2D eigenvalue weighted by Gasteiger charge is -2.19. The first-order chi connectivity index (χ1) is 21.5. The molecule has 3 aromatic carbocycles. The molecule has 1 aliphatic heterocycles. The summed E-state index contributed by atoms with van der Waals surface area (Å²) < 4.78 is 5.95. The van der Waals surface area contributed by atoms with Gasteiger partial charge in [-0.2, -0.15) is 0 Å². The van der Waals surface area contributed by atoms with Gasteiger partial charge in [0.05, 0.1) is 44.2 Å². The van der Waals surface area contributed by atoms with Crippen molar-refractivity contribution in [3.63, 3.8) is 0 Å². The predicted octanol–water partition coefficient (Wildman–Crippen LogP) is 7.25. The number of halogens is 2. The monoisotopic (exact) mass is 689 g/mol. The molecule has 6 rings (SSSR count). The first-order valence-corrected chi connectivity index (χ1v) is 15.4. The maximum absolute atomic E-state index is 13.4. The summed E-state index contributed by atoms with van der Waals surface area (Å²) in [6, 6.07) is 15.1. The predicted molar refractivity (Wildman–Crippen MR) is 170 cm³/mol. The molecule has 1 saturated heterocycles. The number of anilines is 1. The molecule has 2 unspecified atom stereocenters. The second-order valence-electron chi connectivity index (χ2n) is 11.1. The zero-order chi connectivity index (χ0) is 32.0. The highest BCUT2D eigenvalue weighted by atomic mass is 79.9. The second-order valence-corrected chi connectivity index (χ2v) is 12.3. The van der Waals surface area contributed by atoms with Gasteiger partial charge >= 0.3 is 5.97 Å². The Morgan fingerprint density at radius 2 is 1.64 bits per heavy atom. The Bertz CT molecular complexity index is 1890. The molecule has 2 amide bonds. The number of nitro benzene ring substituents is 1. The molecule has 1 aliphatic carbocycles. The molecule has 4 aromatic rings. The quantitative estimate of drug-likeness (QED) is 0.0650. The number of imide groups is 1. The summed E-state index contributed by atoms with van der Waals surface area (Å²) in [5.74, 6) is -2.16. The van der Waals surface area contributed by atoms with Gasteiger partial charge in [-0.15, -0.1) is 0 Å². The van der Waals surface area contributed by atoms with Gasteiger partial charge in [0, 0.05) is 33.1 Å². The summed E-state index contributed by atoms with van der Waals surface area (Å²) in [5.41, 5.74) is 2.72. The van der Waals surface area contributed by atoms with Crippen molar-refractivity contribution >= 4 is 73.4 Å². The lowest BCUT2D eigenvalue weighted by Crippen LogP contribution is -2.30. The smallest absolute Gasteiger partial charge is 0.339 e. The third-order valence-electron chi connectivity index (χ3n) is 8.44. The van der Waals surface area contributed by atoms with Crippen molar-refractivity contribution in [3.8, 4) is 11.3 Å². The van der Waals surface area contributed by atoms with Gasteiger partial charge in [0.1, 0.15) is 0 Å². The third-order valence-corrected chi connectivity index (χ3v) is 9.78. The van der Waals surface area contributed by atoms with E-state index in [9.17, 15) is 29.3 Å². The highest BCUT2D eigenvalue weighted by molar-refractivity contribution is 9.10. The number of hydrogen-bond donors (Lipinski definition) is 0.